The van der Waals surface area contributed by atoms with Crippen LogP contribution in [-0.4, -0.2) is 11.0 Å². The number of aromatic nitrogens is 1. The molecule has 0 bridgehead atoms. The van der Waals surface area contributed by atoms with Crippen LogP contribution in [0.15, 0.2) is 42.6 Å². The van der Waals surface area contributed by atoms with Crippen LogP contribution in [0.5, 0.6) is 11.5 Å². The van der Waals surface area contributed by atoms with Crippen LogP contribution in [0.3, 0.4) is 0 Å². The lowest BCUT2D eigenvalue weighted by molar-refractivity contribution is 0.479. The predicted molar refractivity (Wildman–Crippen MR) is 80.0 cm³/mol. The van der Waals surface area contributed by atoms with Gasteiger partial charge in [-0.05, 0) is 43.0 Å². The summed E-state index contributed by atoms with van der Waals surface area (Å²) in [5.74, 6) is 1.73. The summed E-state index contributed by atoms with van der Waals surface area (Å²) < 4.78 is 5.92. The highest BCUT2D eigenvalue weighted by Gasteiger charge is 2.20. The highest BCUT2D eigenvalue weighted by Crippen LogP contribution is 2.23. The number of nitrogens with zero attached hydrogens (tertiary/aromatic N) is 1. The molecule has 104 valence electrons. The quantitative estimate of drug-likeness (QED) is 0.867. The van der Waals surface area contributed by atoms with E-state index < -0.39 is 0 Å². The van der Waals surface area contributed by atoms with E-state index in [-0.39, 0.29) is 0 Å². The first-order valence-corrected chi connectivity index (χ1v) is 7.28. The Balaban J connectivity index is 1.67. The topological polar surface area (TPSA) is 34.1 Å². The summed E-state index contributed by atoms with van der Waals surface area (Å²) in [6, 6.07) is 12.8. The molecular formula is C17H20N2O. The van der Waals surface area contributed by atoms with Crippen LogP contribution in [0.2, 0.25) is 0 Å². The monoisotopic (exact) mass is 268 g/mol. The van der Waals surface area contributed by atoms with Crippen molar-refractivity contribution < 1.29 is 4.74 Å². The first-order valence-electron chi connectivity index (χ1n) is 7.28. The maximum Gasteiger partial charge on any atom is 0.130 e. The van der Waals surface area contributed by atoms with Gasteiger partial charge in [0.05, 0.1) is 5.69 Å². The normalized spacial score (nSPS) is 14.2. The van der Waals surface area contributed by atoms with Gasteiger partial charge in [-0.15, -0.1) is 0 Å². The fraction of sp³-hybridized carbons (Fsp3) is 0.353. The first kappa shape index (κ1) is 13.1. The third-order valence-corrected chi connectivity index (χ3v) is 3.48. The van der Waals surface area contributed by atoms with Crippen molar-refractivity contribution >= 4 is 0 Å². The number of hydrogen-bond acceptors (Lipinski definition) is 3. The van der Waals surface area contributed by atoms with Gasteiger partial charge in [-0.1, -0.05) is 19.1 Å². The molecule has 1 aliphatic rings. The Bertz CT molecular complexity index is 579. The number of benzene rings is 1. The van der Waals surface area contributed by atoms with Gasteiger partial charge in [-0.25, -0.2) is 0 Å². The average molecular weight is 268 g/mol. The molecule has 0 spiro atoms. The summed E-state index contributed by atoms with van der Waals surface area (Å²) in [6.07, 6.45) is 5.41. The van der Waals surface area contributed by atoms with Crippen molar-refractivity contribution in [3.63, 3.8) is 0 Å². The summed E-state index contributed by atoms with van der Waals surface area (Å²) in [6.45, 7) is 2.96. The molecule has 1 aliphatic carbocycles. The fourth-order valence-electron chi connectivity index (χ4n) is 2.12. The number of ether oxygens (including phenoxy) is 1. The highest BCUT2D eigenvalue weighted by molar-refractivity contribution is 5.34. The van der Waals surface area contributed by atoms with Crippen LogP contribution < -0.4 is 10.1 Å². The van der Waals surface area contributed by atoms with E-state index in [1.807, 2.05) is 30.5 Å². The summed E-state index contributed by atoms with van der Waals surface area (Å²) in [5.41, 5.74) is 2.31. The second-order valence-electron chi connectivity index (χ2n) is 5.24. The lowest BCUT2D eigenvalue weighted by Gasteiger charge is -2.08. The van der Waals surface area contributed by atoms with Gasteiger partial charge in [0.15, 0.2) is 0 Å². The molecule has 0 amide bonds. The zero-order valence-corrected chi connectivity index (χ0v) is 11.8. The van der Waals surface area contributed by atoms with E-state index in [4.69, 9.17) is 4.74 Å². The van der Waals surface area contributed by atoms with Gasteiger partial charge in [0, 0.05) is 24.8 Å². The third-order valence-electron chi connectivity index (χ3n) is 3.48. The van der Waals surface area contributed by atoms with Gasteiger partial charge in [-0.3, -0.25) is 4.98 Å². The molecular weight excluding hydrogens is 248 g/mol. The SMILES string of the molecule is CCc1cccc(Oc2ccnc(CNC3CC3)c2)c1. The van der Waals surface area contributed by atoms with Crippen molar-refractivity contribution in [3.05, 3.63) is 53.9 Å². The van der Waals surface area contributed by atoms with Crippen molar-refractivity contribution in [1.82, 2.24) is 10.3 Å². The predicted octanol–water partition coefficient (Wildman–Crippen LogP) is 3.69. The molecule has 1 heterocycles. The second-order valence-corrected chi connectivity index (χ2v) is 5.24. The van der Waals surface area contributed by atoms with E-state index in [0.717, 1.165) is 30.2 Å². The fourth-order valence-corrected chi connectivity index (χ4v) is 2.12. The molecule has 1 N–H and O–H groups in total. The maximum atomic E-state index is 5.92. The minimum Gasteiger partial charge on any atom is -0.457 e. The summed E-state index contributed by atoms with van der Waals surface area (Å²) in [4.78, 5) is 4.37. The minimum atomic E-state index is 0.697. The van der Waals surface area contributed by atoms with Crippen LogP contribution in [-0.2, 0) is 13.0 Å². The smallest absolute Gasteiger partial charge is 0.130 e. The zero-order chi connectivity index (χ0) is 13.8. The molecule has 3 nitrogen and oxygen atoms in total. The van der Waals surface area contributed by atoms with Gasteiger partial charge >= 0.3 is 0 Å². The second kappa shape index (κ2) is 6.06. The molecule has 0 unspecified atom stereocenters. The molecule has 2 aromatic rings. The Labute approximate surface area is 120 Å². The van der Waals surface area contributed by atoms with Crippen LogP contribution in [0.1, 0.15) is 31.0 Å². The van der Waals surface area contributed by atoms with Gasteiger partial charge in [0.2, 0.25) is 0 Å². The Morgan fingerprint density at radius 3 is 2.85 bits per heavy atom. The highest BCUT2D eigenvalue weighted by atomic mass is 16.5. The molecule has 0 atom stereocenters. The molecule has 3 rings (SSSR count). The summed E-state index contributed by atoms with van der Waals surface area (Å²) in [5, 5.41) is 3.46. The van der Waals surface area contributed by atoms with Crippen LogP contribution in [0.4, 0.5) is 0 Å². The maximum absolute atomic E-state index is 5.92. The van der Waals surface area contributed by atoms with Crippen molar-refractivity contribution in [2.75, 3.05) is 0 Å². The Morgan fingerprint density at radius 1 is 1.20 bits per heavy atom. The number of rotatable bonds is 6. The summed E-state index contributed by atoms with van der Waals surface area (Å²) >= 11 is 0. The van der Waals surface area contributed by atoms with Crippen LogP contribution in [0, 0.1) is 0 Å². The molecule has 1 aromatic heterocycles. The van der Waals surface area contributed by atoms with Crippen molar-refractivity contribution in [2.45, 2.75) is 38.8 Å². The lowest BCUT2D eigenvalue weighted by Crippen LogP contribution is -2.16. The minimum absolute atomic E-state index is 0.697. The van der Waals surface area contributed by atoms with Crippen LogP contribution in [0.25, 0.3) is 0 Å². The van der Waals surface area contributed by atoms with E-state index in [1.54, 1.807) is 0 Å². The lowest BCUT2D eigenvalue weighted by atomic mass is 10.2. The molecule has 1 saturated carbocycles. The zero-order valence-electron chi connectivity index (χ0n) is 11.8. The largest absolute Gasteiger partial charge is 0.457 e. The van der Waals surface area contributed by atoms with Crippen molar-refractivity contribution in [1.29, 1.82) is 0 Å². The first-order chi connectivity index (χ1) is 9.83. The van der Waals surface area contributed by atoms with Gasteiger partial charge in [0.25, 0.3) is 0 Å². The Morgan fingerprint density at radius 2 is 2.05 bits per heavy atom. The van der Waals surface area contributed by atoms with Crippen molar-refractivity contribution in [3.8, 4) is 11.5 Å². The molecule has 3 heteroatoms. The number of pyridine rings is 1. The Kier molecular flexibility index (Phi) is 3.97. The van der Waals surface area contributed by atoms with Gasteiger partial charge in [0.1, 0.15) is 11.5 Å². The number of nitrogens with one attached hydrogen (secondary N) is 1. The number of hydrogen-bond donors (Lipinski definition) is 1. The van der Waals surface area contributed by atoms with E-state index in [1.165, 1.54) is 18.4 Å². The van der Waals surface area contributed by atoms with E-state index >= 15 is 0 Å². The van der Waals surface area contributed by atoms with Crippen molar-refractivity contribution in [2.24, 2.45) is 0 Å². The van der Waals surface area contributed by atoms with Crippen LogP contribution >= 0.6 is 0 Å². The Hall–Kier alpha value is -1.87. The van der Waals surface area contributed by atoms with Gasteiger partial charge in [-0.2, -0.15) is 0 Å². The molecule has 0 radical (unpaired) electrons. The molecule has 20 heavy (non-hydrogen) atoms. The van der Waals surface area contributed by atoms with E-state index in [2.05, 4.69) is 29.4 Å². The average Bonchev–Trinajstić information content (AvgIpc) is 3.30. The molecule has 1 fully saturated rings. The van der Waals surface area contributed by atoms with Gasteiger partial charge < -0.3 is 10.1 Å². The molecule has 1 aromatic carbocycles. The molecule has 0 aliphatic heterocycles. The standard InChI is InChI=1S/C17H20N2O/c1-2-13-4-3-5-16(10-13)20-17-8-9-18-15(11-17)12-19-14-6-7-14/h3-5,8-11,14,19H,2,6-7,12H2,1H3. The number of aryl methyl sites for hydroxylation is 1. The third kappa shape index (κ3) is 3.58. The molecule has 0 saturated heterocycles. The van der Waals surface area contributed by atoms with E-state index in [0.29, 0.717) is 6.04 Å². The summed E-state index contributed by atoms with van der Waals surface area (Å²) in [7, 11) is 0. The van der Waals surface area contributed by atoms with E-state index in [9.17, 15) is 0 Å².